The highest BCUT2D eigenvalue weighted by atomic mass is 16.2. The Bertz CT molecular complexity index is 648. The predicted molar refractivity (Wildman–Crippen MR) is 84.4 cm³/mol. The monoisotopic (exact) mass is 280 g/mol. The number of amides is 2. The van der Waals surface area contributed by atoms with Crippen LogP contribution in [-0.2, 0) is 4.79 Å². The molecule has 0 unspecified atom stereocenters. The van der Waals surface area contributed by atoms with Gasteiger partial charge in [-0.05, 0) is 42.5 Å². The average Bonchev–Trinajstić information content (AvgIpc) is 2.54. The SMILES string of the molecule is C=CC(=O)N(C)c1ccc(C(=O)Nc2ccccc2)cc1. The van der Waals surface area contributed by atoms with E-state index in [4.69, 9.17) is 0 Å². The van der Waals surface area contributed by atoms with Crippen LogP contribution in [0.15, 0.2) is 67.3 Å². The number of anilines is 2. The summed E-state index contributed by atoms with van der Waals surface area (Å²) in [6, 6.07) is 16.1. The zero-order valence-corrected chi connectivity index (χ0v) is 11.7. The van der Waals surface area contributed by atoms with E-state index in [0.29, 0.717) is 11.3 Å². The van der Waals surface area contributed by atoms with Crippen molar-refractivity contribution in [3.63, 3.8) is 0 Å². The van der Waals surface area contributed by atoms with Gasteiger partial charge in [0, 0.05) is 24.0 Å². The Morgan fingerprint density at radius 1 is 1.05 bits per heavy atom. The van der Waals surface area contributed by atoms with Gasteiger partial charge >= 0.3 is 0 Å². The molecule has 0 spiro atoms. The van der Waals surface area contributed by atoms with Gasteiger partial charge in [-0.15, -0.1) is 0 Å². The summed E-state index contributed by atoms with van der Waals surface area (Å²) in [5.41, 5.74) is 1.98. The summed E-state index contributed by atoms with van der Waals surface area (Å²) in [4.78, 5) is 25.0. The number of benzene rings is 2. The van der Waals surface area contributed by atoms with Crippen LogP contribution in [0.2, 0.25) is 0 Å². The first-order chi connectivity index (χ1) is 10.1. The molecule has 2 rings (SSSR count). The number of carbonyl (C=O) groups is 2. The number of nitrogens with one attached hydrogen (secondary N) is 1. The summed E-state index contributed by atoms with van der Waals surface area (Å²) < 4.78 is 0. The summed E-state index contributed by atoms with van der Waals surface area (Å²) >= 11 is 0. The molecule has 0 radical (unpaired) electrons. The van der Waals surface area contributed by atoms with Crippen LogP contribution in [0.1, 0.15) is 10.4 Å². The largest absolute Gasteiger partial charge is 0.322 e. The minimum Gasteiger partial charge on any atom is -0.322 e. The maximum absolute atomic E-state index is 12.1. The van der Waals surface area contributed by atoms with E-state index in [1.165, 1.54) is 11.0 Å². The molecule has 2 amide bonds. The number of likely N-dealkylation sites (N-methyl/N-ethyl adjacent to an activating group) is 1. The Kier molecular flexibility index (Phi) is 4.51. The van der Waals surface area contributed by atoms with Crippen LogP contribution in [0.25, 0.3) is 0 Å². The van der Waals surface area contributed by atoms with Gasteiger partial charge in [0.1, 0.15) is 0 Å². The molecule has 4 heteroatoms. The first-order valence-electron chi connectivity index (χ1n) is 6.48. The third kappa shape index (κ3) is 3.57. The molecule has 1 N–H and O–H groups in total. The molecule has 2 aromatic carbocycles. The van der Waals surface area contributed by atoms with Crippen molar-refractivity contribution >= 4 is 23.2 Å². The Hall–Kier alpha value is -2.88. The molecule has 4 nitrogen and oxygen atoms in total. The van der Waals surface area contributed by atoms with Crippen molar-refractivity contribution in [1.29, 1.82) is 0 Å². The number of para-hydroxylation sites is 1. The number of rotatable bonds is 4. The second-order valence-corrected chi connectivity index (χ2v) is 4.47. The van der Waals surface area contributed by atoms with Crippen molar-refractivity contribution in [3.8, 4) is 0 Å². The molecule has 0 bridgehead atoms. The Balaban J connectivity index is 2.10. The lowest BCUT2D eigenvalue weighted by Gasteiger charge is -2.15. The van der Waals surface area contributed by atoms with E-state index >= 15 is 0 Å². The van der Waals surface area contributed by atoms with E-state index in [9.17, 15) is 9.59 Å². The first-order valence-corrected chi connectivity index (χ1v) is 6.48. The van der Waals surface area contributed by atoms with Crippen LogP contribution in [0.4, 0.5) is 11.4 Å². The van der Waals surface area contributed by atoms with Gasteiger partial charge in [-0.3, -0.25) is 9.59 Å². The maximum atomic E-state index is 12.1. The zero-order chi connectivity index (χ0) is 15.2. The highest BCUT2D eigenvalue weighted by Crippen LogP contribution is 2.15. The number of carbonyl (C=O) groups excluding carboxylic acids is 2. The number of hydrogen-bond donors (Lipinski definition) is 1. The first kappa shape index (κ1) is 14.5. The van der Waals surface area contributed by atoms with Crippen LogP contribution >= 0.6 is 0 Å². The maximum Gasteiger partial charge on any atom is 0.255 e. The molecule has 0 atom stereocenters. The average molecular weight is 280 g/mol. The minimum atomic E-state index is -0.198. The molecule has 0 aliphatic heterocycles. The van der Waals surface area contributed by atoms with Crippen molar-refractivity contribution in [1.82, 2.24) is 0 Å². The smallest absolute Gasteiger partial charge is 0.255 e. The van der Waals surface area contributed by atoms with Crippen molar-refractivity contribution in [2.24, 2.45) is 0 Å². The van der Waals surface area contributed by atoms with E-state index in [2.05, 4.69) is 11.9 Å². The highest BCUT2D eigenvalue weighted by Gasteiger charge is 2.09. The normalized spacial score (nSPS) is 9.76. The Morgan fingerprint density at radius 3 is 2.24 bits per heavy atom. The van der Waals surface area contributed by atoms with Crippen molar-refractivity contribution in [2.45, 2.75) is 0 Å². The molecule has 0 saturated heterocycles. The van der Waals surface area contributed by atoms with E-state index in [1.54, 1.807) is 31.3 Å². The molecule has 106 valence electrons. The zero-order valence-electron chi connectivity index (χ0n) is 11.7. The molecule has 0 fully saturated rings. The Labute approximate surface area is 123 Å². The van der Waals surface area contributed by atoms with Gasteiger partial charge in [0.05, 0.1) is 0 Å². The lowest BCUT2D eigenvalue weighted by atomic mass is 10.1. The molecule has 0 aliphatic rings. The van der Waals surface area contributed by atoms with E-state index < -0.39 is 0 Å². The van der Waals surface area contributed by atoms with Gasteiger partial charge in [0.15, 0.2) is 0 Å². The van der Waals surface area contributed by atoms with Crippen molar-refractivity contribution in [3.05, 3.63) is 72.8 Å². The van der Waals surface area contributed by atoms with E-state index in [-0.39, 0.29) is 11.8 Å². The second kappa shape index (κ2) is 6.52. The third-order valence-corrected chi connectivity index (χ3v) is 3.05. The van der Waals surface area contributed by atoms with Crippen molar-refractivity contribution in [2.75, 3.05) is 17.3 Å². The lowest BCUT2D eigenvalue weighted by molar-refractivity contribution is -0.113. The standard InChI is InChI=1S/C17H16N2O2/c1-3-16(20)19(2)15-11-9-13(10-12-15)17(21)18-14-7-5-4-6-8-14/h3-12H,1H2,2H3,(H,18,21). The minimum absolute atomic E-state index is 0.189. The van der Waals surface area contributed by atoms with E-state index in [1.807, 2.05) is 30.3 Å². The molecule has 0 aliphatic carbocycles. The highest BCUT2D eigenvalue weighted by molar-refractivity contribution is 6.05. The van der Waals surface area contributed by atoms with Gasteiger partial charge in [0.25, 0.3) is 5.91 Å². The van der Waals surface area contributed by atoms with Gasteiger partial charge < -0.3 is 10.2 Å². The van der Waals surface area contributed by atoms with E-state index in [0.717, 1.165) is 5.69 Å². The Morgan fingerprint density at radius 2 is 1.67 bits per heavy atom. The summed E-state index contributed by atoms with van der Waals surface area (Å²) in [5, 5.41) is 2.81. The van der Waals surface area contributed by atoms with Crippen LogP contribution < -0.4 is 10.2 Å². The molecule has 0 heterocycles. The molecular weight excluding hydrogens is 264 g/mol. The van der Waals surface area contributed by atoms with Crippen LogP contribution in [0.5, 0.6) is 0 Å². The summed E-state index contributed by atoms with van der Waals surface area (Å²) in [6.45, 7) is 3.44. The second-order valence-electron chi connectivity index (χ2n) is 4.47. The molecule has 0 saturated carbocycles. The quantitative estimate of drug-likeness (QED) is 0.875. The number of hydrogen-bond acceptors (Lipinski definition) is 2. The molecule has 21 heavy (non-hydrogen) atoms. The molecular formula is C17H16N2O2. The fourth-order valence-electron chi connectivity index (χ4n) is 1.83. The fourth-order valence-corrected chi connectivity index (χ4v) is 1.83. The van der Waals surface area contributed by atoms with Crippen LogP contribution in [0.3, 0.4) is 0 Å². The van der Waals surface area contributed by atoms with Crippen LogP contribution in [0, 0.1) is 0 Å². The van der Waals surface area contributed by atoms with Gasteiger partial charge in [0.2, 0.25) is 5.91 Å². The topological polar surface area (TPSA) is 49.4 Å². The van der Waals surface area contributed by atoms with Gasteiger partial charge in [-0.2, -0.15) is 0 Å². The van der Waals surface area contributed by atoms with Gasteiger partial charge in [-0.25, -0.2) is 0 Å². The molecule has 0 aromatic heterocycles. The summed E-state index contributed by atoms with van der Waals surface area (Å²) in [5.74, 6) is -0.387. The van der Waals surface area contributed by atoms with Gasteiger partial charge in [-0.1, -0.05) is 24.8 Å². The van der Waals surface area contributed by atoms with Crippen molar-refractivity contribution < 1.29 is 9.59 Å². The third-order valence-electron chi connectivity index (χ3n) is 3.05. The number of nitrogens with zero attached hydrogens (tertiary/aromatic N) is 1. The molecule has 2 aromatic rings. The lowest BCUT2D eigenvalue weighted by Crippen LogP contribution is -2.23. The predicted octanol–water partition coefficient (Wildman–Crippen LogP) is 3.09. The fraction of sp³-hybridized carbons (Fsp3) is 0.0588. The van der Waals surface area contributed by atoms with Crippen LogP contribution in [-0.4, -0.2) is 18.9 Å². The summed E-state index contributed by atoms with van der Waals surface area (Å²) in [7, 11) is 1.66. The summed E-state index contributed by atoms with van der Waals surface area (Å²) in [6.07, 6.45) is 1.25.